The van der Waals surface area contributed by atoms with Crippen molar-refractivity contribution in [2.24, 2.45) is 0 Å². The Kier molecular flexibility index (Phi) is 5.76. The number of carbonyl (C=O) groups excluding carboxylic acids is 3. The van der Waals surface area contributed by atoms with Crippen LogP contribution < -0.4 is 16.0 Å². The van der Waals surface area contributed by atoms with Gasteiger partial charge in [0.2, 0.25) is 5.91 Å². The van der Waals surface area contributed by atoms with Crippen LogP contribution in [0.15, 0.2) is 72.8 Å². The molecular weight excluding hydrogens is 356 g/mol. The molecule has 2 aromatic carbocycles. The lowest BCUT2D eigenvalue weighted by Crippen LogP contribution is -2.18. The van der Waals surface area contributed by atoms with Crippen molar-refractivity contribution in [3.05, 3.63) is 84.2 Å². The number of benzene rings is 2. The third kappa shape index (κ3) is 5.01. The van der Waals surface area contributed by atoms with E-state index in [9.17, 15) is 14.4 Å². The second-order valence-corrected chi connectivity index (χ2v) is 5.94. The smallest absolute Gasteiger partial charge is 0.274 e. The summed E-state index contributed by atoms with van der Waals surface area (Å²) in [6, 6.07) is 20.3. The summed E-state index contributed by atoms with van der Waals surface area (Å²) in [7, 11) is 0. The van der Waals surface area contributed by atoms with Crippen LogP contribution in [0.4, 0.5) is 17.1 Å². The summed E-state index contributed by atoms with van der Waals surface area (Å²) < 4.78 is 0. The highest BCUT2D eigenvalue weighted by Gasteiger charge is 2.13. The molecule has 0 saturated carbocycles. The lowest BCUT2D eigenvalue weighted by molar-refractivity contribution is -0.114. The Morgan fingerprint density at radius 2 is 1.07 bits per heavy atom. The van der Waals surface area contributed by atoms with Crippen molar-refractivity contribution in [3.63, 3.8) is 0 Å². The molecule has 28 heavy (non-hydrogen) atoms. The fourth-order valence-electron chi connectivity index (χ4n) is 2.44. The van der Waals surface area contributed by atoms with E-state index < -0.39 is 11.8 Å². The number of amides is 3. The number of nitrogens with one attached hydrogen (secondary N) is 3. The number of hydrogen-bond donors (Lipinski definition) is 3. The van der Waals surface area contributed by atoms with Gasteiger partial charge in [0, 0.05) is 24.0 Å². The summed E-state index contributed by atoms with van der Waals surface area (Å²) in [6.07, 6.45) is 0. The Bertz CT molecular complexity index is 1000. The van der Waals surface area contributed by atoms with Crippen LogP contribution in [-0.2, 0) is 4.79 Å². The third-order valence-corrected chi connectivity index (χ3v) is 3.71. The van der Waals surface area contributed by atoms with Gasteiger partial charge in [-0.15, -0.1) is 0 Å². The maximum atomic E-state index is 12.4. The van der Waals surface area contributed by atoms with Gasteiger partial charge in [-0.3, -0.25) is 14.4 Å². The molecule has 1 aromatic heterocycles. The first-order valence-electron chi connectivity index (χ1n) is 8.54. The first-order valence-corrected chi connectivity index (χ1v) is 8.54. The molecule has 0 fully saturated rings. The van der Waals surface area contributed by atoms with Crippen molar-refractivity contribution in [2.45, 2.75) is 6.92 Å². The quantitative estimate of drug-likeness (QED) is 0.636. The third-order valence-electron chi connectivity index (χ3n) is 3.71. The maximum Gasteiger partial charge on any atom is 0.274 e. The number of hydrogen-bond acceptors (Lipinski definition) is 4. The SMILES string of the molecule is CC(=O)Nc1ccc(NC(=O)c2cccc(C(=O)Nc3ccccc3)n2)cc1. The molecule has 3 amide bonds. The van der Waals surface area contributed by atoms with Crippen molar-refractivity contribution >= 4 is 34.8 Å². The van der Waals surface area contributed by atoms with E-state index in [1.165, 1.54) is 19.1 Å². The first kappa shape index (κ1) is 18.8. The van der Waals surface area contributed by atoms with Crippen molar-refractivity contribution in [1.29, 1.82) is 0 Å². The summed E-state index contributed by atoms with van der Waals surface area (Å²) in [4.78, 5) is 39.9. The van der Waals surface area contributed by atoms with E-state index in [-0.39, 0.29) is 17.3 Å². The Labute approximate surface area is 161 Å². The zero-order valence-corrected chi connectivity index (χ0v) is 15.1. The monoisotopic (exact) mass is 374 g/mol. The normalized spacial score (nSPS) is 10.0. The van der Waals surface area contributed by atoms with Crippen molar-refractivity contribution in [1.82, 2.24) is 4.98 Å². The van der Waals surface area contributed by atoms with Crippen molar-refractivity contribution in [2.75, 3.05) is 16.0 Å². The van der Waals surface area contributed by atoms with Crippen LogP contribution in [0.3, 0.4) is 0 Å². The summed E-state index contributed by atoms with van der Waals surface area (Å²) >= 11 is 0. The molecule has 3 rings (SSSR count). The van der Waals surface area contributed by atoms with Gasteiger partial charge in [-0.25, -0.2) is 4.98 Å². The molecule has 0 unspecified atom stereocenters. The zero-order valence-electron chi connectivity index (χ0n) is 15.1. The Morgan fingerprint density at radius 3 is 1.57 bits per heavy atom. The van der Waals surface area contributed by atoms with Gasteiger partial charge in [-0.05, 0) is 48.5 Å². The van der Waals surface area contributed by atoms with Gasteiger partial charge >= 0.3 is 0 Å². The molecule has 0 bridgehead atoms. The molecule has 7 nitrogen and oxygen atoms in total. The topological polar surface area (TPSA) is 100 Å². The number of aromatic nitrogens is 1. The number of pyridine rings is 1. The van der Waals surface area contributed by atoms with Gasteiger partial charge in [-0.2, -0.15) is 0 Å². The summed E-state index contributed by atoms with van der Waals surface area (Å²) in [5.74, 6) is -1.02. The molecule has 0 aliphatic carbocycles. The molecule has 0 aliphatic rings. The molecular formula is C21H18N4O3. The van der Waals surface area contributed by atoms with E-state index in [0.717, 1.165) is 0 Å². The van der Waals surface area contributed by atoms with Gasteiger partial charge in [0.25, 0.3) is 11.8 Å². The van der Waals surface area contributed by atoms with Crippen LogP contribution in [0.2, 0.25) is 0 Å². The molecule has 3 aromatic rings. The van der Waals surface area contributed by atoms with E-state index >= 15 is 0 Å². The van der Waals surface area contributed by atoms with Crippen LogP contribution in [0.5, 0.6) is 0 Å². The highest BCUT2D eigenvalue weighted by molar-refractivity contribution is 6.06. The molecule has 3 N–H and O–H groups in total. The van der Waals surface area contributed by atoms with Crippen LogP contribution in [0.1, 0.15) is 27.9 Å². The van der Waals surface area contributed by atoms with E-state index in [4.69, 9.17) is 0 Å². The minimum atomic E-state index is -0.443. The average molecular weight is 374 g/mol. The number of carbonyl (C=O) groups is 3. The predicted molar refractivity (Wildman–Crippen MR) is 107 cm³/mol. The second-order valence-electron chi connectivity index (χ2n) is 5.94. The standard InChI is InChI=1S/C21H18N4O3/c1-14(26)22-16-10-12-17(13-11-16)24-21(28)19-9-5-8-18(25-19)20(27)23-15-6-3-2-4-7-15/h2-13H,1H3,(H,22,26)(H,23,27)(H,24,28). The van der Waals surface area contributed by atoms with E-state index in [1.807, 2.05) is 18.2 Å². The minimum absolute atomic E-state index is 0.117. The number of anilines is 3. The summed E-state index contributed by atoms with van der Waals surface area (Å²) in [5, 5.41) is 8.09. The number of rotatable bonds is 5. The van der Waals surface area contributed by atoms with Crippen LogP contribution in [-0.4, -0.2) is 22.7 Å². The largest absolute Gasteiger partial charge is 0.326 e. The minimum Gasteiger partial charge on any atom is -0.326 e. The van der Waals surface area contributed by atoms with Crippen LogP contribution in [0.25, 0.3) is 0 Å². The Hall–Kier alpha value is -4.00. The van der Waals surface area contributed by atoms with Gasteiger partial charge in [0.05, 0.1) is 0 Å². The number of para-hydroxylation sites is 1. The van der Waals surface area contributed by atoms with Crippen LogP contribution in [0, 0.1) is 0 Å². The fourth-order valence-corrected chi connectivity index (χ4v) is 2.44. The second kappa shape index (κ2) is 8.59. The zero-order chi connectivity index (χ0) is 19.9. The van der Waals surface area contributed by atoms with E-state index in [1.54, 1.807) is 42.5 Å². The fraction of sp³-hybridized carbons (Fsp3) is 0.0476. The van der Waals surface area contributed by atoms with Crippen LogP contribution >= 0.6 is 0 Å². The molecule has 0 spiro atoms. The molecule has 0 aliphatic heterocycles. The summed E-state index contributed by atoms with van der Waals surface area (Å²) in [5.41, 5.74) is 2.07. The predicted octanol–water partition coefficient (Wildman–Crippen LogP) is 3.54. The molecule has 0 atom stereocenters. The van der Waals surface area contributed by atoms with Gasteiger partial charge in [0.1, 0.15) is 11.4 Å². The lowest BCUT2D eigenvalue weighted by Gasteiger charge is -2.08. The highest BCUT2D eigenvalue weighted by atomic mass is 16.2. The first-order chi connectivity index (χ1) is 13.5. The van der Waals surface area contributed by atoms with Gasteiger partial charge in [-0.1, -0.05) is 24.3 Å². The van der Waals surface area contributed by atoms with E-state index in [2.05, 4.69) is 20.9 Å². The van der Waals surface area contributed by atoms with Gasteiger partial charge in [0.15, 0.2) is 0 Å². The maximum absolute atomic E-state index is 12.4. The lowest BCUT2D eigenvalue weighted by atomic mass is 10.2. The molecule has 140 valence electrons. The van der Waals surface area contributed by atoms with Crippen molar-refractivity contribution < 1.29 is 14.4 Å². The Balaban J connectivity index is 1.68. The average Bonchev–Trinajstić information content (AvgIpc) is 2.70. The molecule has 7 heteroatoms. The summed E-state index contributed by atoms with van der Waals surface area (Å²) in [6.45, 7) is 1.42. The molecule has 1 heterocycles. The van der Waals surface area contributed by atoms with E-state index in [0.29, 0.717) is 17.1 Å². The Morgan fingerprint density at radius 1 is 0.607 bits per heavy atom. The highest BCUT2D eigenvalue weighted by Crippen LogP contribution is 2.15. The van der Waals surface area contributed by atoms with Crippen molar-refractivity contribution in [3.8, 4) is 0 Å². The number of nitrogens with zero attached hydrogens (tertiary/aromatic N) is 1. The van der Waals surface area contributed by atoms with Gasteiger partial charge < -0.3 is 16.0 Å². The molecule has 0 saturated heterocycles. The molecule has 0 radical (unpaired) electrons.